The Bertz CT molecular complexity index is 1100. The lowest BCUT2D eigenvalue weighted by Crippen LogP contribution is -2.54. The lowest BCUT2D eigenvalue weighted by molar-refractivity contribution is -0.148. The summed E-state index contributed by atoms with van der Waals surface area (Å²) in [6.45, 7) is -0.225. The molecule has 0 aromatic heterocycles. The predicted octanol–water partition coefficient (Wildman–Crippen LogP) is 2.46. The van der Waals surface area contributed by atoms with Crippen LogP contribution in [0, 0.1) is 0 Å². The van der Waals surface area contributed by atoms with Crippen LogP contribution in [0.5, 0.6) is 0 Å². The number of nitrogens with zero attached hydrogens (tertiary/aromatic N) is 1. The topological polar surface area (TPSA) is 105 Å². The predicted molar refractivity (Wildman–Crippen MR) is 124 cm³/mol. The van der Waals surface area contributed by atoms with Crippen LogP contribution in [-0.4, -0.2) is 49.4 Å². The highest BCUT2D eigenvalue weighted by atomic mass is 35.5. The third kappa shape index (κ3) is 4.99. The molecule has 0 bridgehead atoms. The van der Waals surface area contributed by atoms with Crippen molar-refractivity contribution in [2.75, 3.05) is 18.5 Å². The van der Waals surface area contributed by atoms with Gasteiger partial charge in [-0.05, 0) is 23.8 Å². The summed E-state index contributed by atoms with van der Waals surface area (Å²) in [5.74, 6) is -1.79. The van der Waals surface area contributed by atoms with Gasteiger partial charge in [0.05, 0.1) is 10.9 Å². The van der Waals surface area contributed by atoms with E-state index in [9.17, 15) is 19.2 Å². The molecule has 8 nitrogen and oxygen atoms in total. The molecular weight excluding hydrogens is 466 g/mol. The van der Waals surface area contributed by atoms with Gasteiger partial charge in [0, 0.05) is 29.8 Å². The number of amides is 3. The molecule has 0 radical (unpaired) electrons. The van der Waals surface area contributed by atoms with E-state index >= 15 is 0 Å². The fraction of sp³-hybridized carbons (Fsp3) is 0.304. The van der Waals surface area contributed by atoms with Gasteiger partial charge in [0.1, 0.15) is 12.6 Å². The molecule has 0 saturated carbocycles. The van der Waals surface area contributed by atoms with Crippen molar-refractivity contribution in [1.29, 1.82) is 0 Å². The van der Waals surface area contributed by atoms with Crippen molar-refractivity contribution in [2.24, 2.45) is 0 Å². The summed E-state index contributed by atoms with van der Waals surface area (Å²) in [4.78, 5) is 52.6. The molecule has 2 N–H and O–H groups in total. The van der Waals surface area contributed by atoms with Crippen molar-refractivity contribution < 1.29 is 23.9 Å². The average Bonchev–Trinajstić information content (AvgIpc) is 3.22. The Labute approximate surface area is 200 Å². The number of likely N-dealkylation sites (N-methyl/N-ethyl adjacent to an activating group) is 1. The smallest absolute Gasteiger partial charge is 0.306 e. The molecule has 2 aromatic rings. The lowest BCUT2D eigenvalue weighted by atomic mass is 10.0. The van der Waals surface area contributed by atoms with E-state index < -0.39 is 35.2 Å². The first-order valence-corrected chi connectivity index (χ1v) is 11.7. The van der Waals surface area contributed by atoms with Gasteiger partial charge in [-0.25, -0.2) is 0 Å². The number of benzene rings is 2. The molecule has 10 heteroatoms. The molecule has 2 aliphatic heterocycles. The highest BCUT2D eigenvalue weighted by molar-refractivity contribution is 7.99. The number of carbonyl (C=O) groups is 4. The lowest BCUT2D eigenvalue weighted by Gasteiger charge is -2.29. The van der Waals surface area contributed by atoms with Crippen LogP contribution in [0.2, 0.25) is 5.02 Å². The minimum Gasteiger partial charge on any atom is -0.452 e. The number of ether oxygens (including phenoxy) is 1. The molecule has 1 saturated heterocycles. The first-order chi connectivity index (χ1) is 15.9. The molecule has 3 atom stereocenters. The Morgan fingerprint density at radius 1 is 1.18 bits per heavy atom. The average molecular weight is 488 g/mol. The van der Waals surface area contributed by atoms with Crippen molar-refractivity contribution in [3.63, 3.8) is 0 Å². The van der Waals surface area contributed by atoms with Crippen LogP contribution in [0.3, 0.4) is 0 Å². The van der Waals surface area contributed by atoms with Gasteiger partial charge in [0.25, 0.3) is 11.8 Å². The number of carbonyl (C=O) groups excluding carboxylic acids is 4. The summed E-state index contributed by atoms with van der Waals surface area (Å²) >= 11 is 7.63. The molecule has 1 fully saturated rings. The molecule has 0 aliphatic carbocycles. The first-order valence-electron chi connectivity index (χ1n) is 10.4. The number of hydrogen-bond acceptors (Lipinski definition) is 6. The second kappa shape index (κ2) is 9.84. The molecule has 172 valence electrons. The quantitative estimate of drug-likeness (QED) is 0.628. The maximum absolute atomic E-state index is 13.8. The number of nitrogens with one attached hydrogen (secondary N) is 2. The van der Waals surface area contributed by atoms with Crippen LogP contribution >= 0.6 is 23.4 Å². The minimum atomic E-state index is -1.01. The SMILES string of the molecule is CNC(=O)CN1C(=O)[C@H](NC(=O)[C@@H]2CCC(=O)O2)[C@@H](c2ccccc2)Sc2cc(Cl)ccc21. The maximum atomic E-state index is 13.8. The standard InChI is InChI=1S/C23H22ClN3O5S/c1-25-18(28)12-27-15-8-7-14(24)11-17(15)33-21(13-5-3-2-4-6-13)20(23(27)31)26-22(30)16-9-10-19(29)32-16/h2-8,11,16,20-21H,9-10,12H2,1H3,(H,25,28)(H,26,30)/t16-,20+,21+/m0/s1. The van der Waals surface area contributed by atoms with Crippen molar-refractivity contribution >= 4 is 52.7 Å². The molecule has 2 aromatic carbocycles. The number of hydrogen-bond donors (Lipinski definition) is 2. The van der Waals surface area contributed by atoms with E-state index in [1.807, 2.05) is 30.3 Å². The number of rotatable bonds is 5. The van der Waals surface area contributed by atoms with E-state index in [1.165, 1.54) is 23.7 Å². The minimum absolute atomic E-state index is 0.153. The van der Waals surface area contributed by atoms with Crippen LogP contribution in [0.4, 0.5) is 5.69 Å². The number of halogens is 1. The summed E-state index contributed by atoms with van der Waals surface area (Å²) in [6.07, 6.45) is -0.536. The zero-order valence-corrected chi connectivity index (χ0v) is 19.3. The van der Waals surface area contributed by atoms with Gasteiger partial charge in [0.15, 0.2) is 6.10 Å². The fourth-order valence-electron chi connectivity index (χ4n) is 3.81. The zero-order valence-electron chi connectivity index (χ0n) is 17.7. The van der Waals surface area contributed by atoms with Gasteiger partial charge >= 0.3 is 5.97 Å². The first kappa shape index (κ1) is 23.1. The van der Waals surface area contributed by atoms with Crippen LogP contribution in [0.15, 0.2) is 53.4 Å². The Balaban J connectivity index is 1.76. The monoisotopic (exact) mass is 487 g/mol. The van der Waals surface area contributed by atoms with E-state index in [-0.39, 0.29) is 25.3 Å². The fourth-order valence-corrected chi connectivity index (χ4v) is 5.43. The maximum Gasteiger partial charge on any atom is 0.306 e. The molecule has 4 rings (SSSR count). The second-order valence-corrected chi connectivity index (χ2v) is 9.28. The van der Waals surface area contributed by atoms with E-state index in [4.69, 9.17) is 16.3 Å². The molecule has 33 heavy (non-hydrogen) atoms. The van der Waals surface area contributed by atoms with Gasteiger partial charge < -0.3 is 20.3 Å². The summed E-state index contributed by atoms with van der Waals surface area (Å²) in [7, 11) is 1.49. The van der Waals surface area contributed by atoms with Gasteiger partial charge in [-0.1, -0.05) is 41.9 Å². The number of anilines is 1. The molecule has 2 heterocycles. The Hall–Kier alpha value is -3.04. The molecule has 0 spiro atoms. The summed E-state index contributed by atoms with van der Waals surface area (Å²) in [5, 5.41) is 5.31. The third-order valence-electron chi connectivity index (χ3n) is 5.48. The Morgan fingerprint density at radius 3 is 2.61 bits per heavy atom. The van der Waals surface area contributed by atoms with E-state index in [1.54, 1.807) is 18.2 Å². The summed E-state index contributed by atoms with van der Waals surface area (Å²) < 4.78 is 5.09. The highest BCUT2D eigenvalue weighted by Crippen LogP contribution is 2.46. The largest absolute Gasteiger partial charge is 0.452 e. The highest BCUT2D eigenvalue weighted by Gasteiger charge is 2.42. The number of cyclic esters (lactones) is 1. The molecular formula is C23H22ClN3O5S. The second-order valence-electron chi connectivity index (χ2n) is 7.66. The van der Waals surface area contributed by atoms with Crippen LogP contribution in [0.25, 0.3) is 0 Å². The van der Waals surface area contributed by atoms with Crippen molar-refractivity contribution in [1.82, 2.24) is 10.6 Å². The third-order valence-corrected chi connectivity index (χ3v) is 7.10. The van der Waals surface area contributed by atoms with Crippen molar-refractivity contribution in [3.8, 4) is 0 Å². The van der Waals surface area contributed by atoms with Gasteiger partial charge in [-0.2, -0.15) is 0 Å². The van der Waals surface area contributed by atoms with Gasteiger partial charge in [-0.15, -0.1) is 11.8 Å². The van der Waals surface area contributed by atoms with Crippen LogP contribution in [-0.2, 0) is 23.9 Å². The van der Waals surface area contributed by atoms with E-state index in [2.05, 4.69) is 10.6 Å². The van der Waals surface area contributed by atoms with Crippen LogP contribution < -0.4 is 15.5 Å². The number of esters is 1. The van der Waals surface area contributed by atoms with Gasteiger partial charge in [-0.3, -0.25) is 19.2 Å². The zero-order chi connectivity index (χ0) is 23.5. The molecule has 3 amide bonds. The van der Waals surface area contributed by atoms with E-state index in [0.29, 0.717) is 15.6 Å². The number of thioether (sulfide) groups is 1. The molecule has 0 unspecified atom stereocenters. The van der Waals surface area contributed by atoms with Gasteiger partial charge in [0.2, 0.25) is 5.91 Å². The Morgan fingerprint density at radius 2 is 1.94 bits per heavy atom. The summed E-state index contributed by atoms with van der Waals surface area (Å²) in [5.41, 5.74) is 1.35. The van der Waals surface area contributed by atoms with Crippen molar-refractivity contribution in [2.45, 2.75) is 35.1 Å². The number of fused-ring (bicyclic) bond motifs is 1. The molecule has 2 aliphatic rings. The van der Waals surface area contributed by atoms with Crippen molar-refractivity contribution in [3.05, 3.63) is 59.1 Å². The normalized spacial score (nSPS) is 22.2. The summed E-state index contributed by atoms with van der Waals surface area (Å²) in [6, 6.07) is 13.4. The van der Waals surface area contributed by atoms with E-state index in [0.717, 1.165) is 5.56 Å². The van der Waals surface area contributed by atoms with Crippen LogP contribution in [0.1, 0.15) is 23.7 Å². The Kier molecular flexibility index (Phi) is 6.90.